The molecule has 0 radical (unpaired) electrons. The van der Waals surface area contributed by atoms with Crippen molar-refractivity contribution in [1.29, 1.82) is 0 Å². The van der Waals surface area contributed by atoms with E-state index in [1.54, 1.807) is 0 Å². The minimum absolute atomic E-state index is 0.760. The van der Waals surface area contributed by atoms with E-state index in [0.717, 1.165) is 17.9 Å². The Labute approximate surface area is 101 Å². The Morgan fingerprint density at radius 3 is 2.81 bits per heavy atom. The zero-order chi connectivity index (χ0) is 11.4. The van der Waals surface area contributed by atoms with Crippen LogP contribution < -0.4 is 5.32 Å². The monoisotopic (exact) mass is 224 g/mol. The van der Waals surface area contributed by atoms with Gasteiger partial charge in [0.05, 0.1) is 0 Å². The molecule has 1 aliphatic carbocycles. The van der Waals surface area contributed by atoms with Crippen LogP contribution in [0.1, 0.15) is 45.4 Å². The second-order valence-corrected chi connectivity index (χ2v) is 6.15. The molecule has 0 aromatic heterocycles. The van der Waals surface area contributed by atoms with Crippen molar-refractivity contribution in [3.63, 3.8) is 0 Å². The van der Waals surface area contributed by atoms with Gasteiger partial charge in [0.1, 0.15) is 0 Å². The number of likely N-dealkylation sites (tertiary alicyclic amines) is 1. The van der Waals surface area contributed by atoms with E-state index in [1.807, 2.05) is 0 Å². The van der Waals surface area contributed by atoms with E-state index in [4.69, 9.17) is 0 Å². The summed E-state index contributed by atoms with van der Waals surface area (Å²) in [7, 11) is 2.25. The van der Waals surface area contributed by atoms with Crippen molar-refractivity contribution in [2.24, 2.45) is 11.8 Å². The minimum Gasteiger partial charge on any atom is -0.312 e. The van der Waals surface area contributed by atoms with E-state index in [0.29, 0.717) is 0 Å². The topological polar surface area (TPSA) is 15.3 Å². The molecule has 1 heterocycles. The van der Waals surface area contributed by atoms with Gasteiger partial charge in [0.2, 0.25) is 0 Å². The van der Waals surface area contributed by atoms with Gasteiger partial charge in [-0.15, -0.1) is 0 Å². The molecule has 2 aliphatic rings. The maximum Gasteiger partial charge on any atom is 0.0195 e. The number of rotatable bonds is 3. The van der Waals surface area contributed by atoms with Crippen LogP contribution >= 0.6 is 0 Å². The highest BCUT2D eigenvalue weighted by Crippen LogP contribution is 2.28. The van der Waals surface area contributed by atoms with Crippen LogP contribution in [0.15, 0.2) is 0 Å². The Morgan fingerprint density at radius 1 is 1.19 bits per heavy atom. The van der Waals surface area contributed by atoms with E-state index < -0.39 is 0 Å². The molecule has 1 aliphatic heterocycles. The standard InChI is InChI=1S/C14H28N2/c1-12-5-3-6-13(9-12)10-15-14-7-4-8-16(2)11-14/h12-15H,3-11H2,1-2H3. The molecule has 2 fully saturated rings. The number of nitrogens with zero attached hydrogens (tertiary/aromatic N) is 1. The molecule has 1 saturated heterocycles. The molecule has 16 heavy (non-hydrogen) atoms. The van der Waals surface area contributed by atoms with Gasteiger partial charge >= 0.3 is 0 Å². The second kappa shape index (κ2) is 6.02. The normalized spacial score (nSPS) is 37.5. The fourth-order valence-corrected chi connectivity index (χ4v) is 3.41. The zero-order valence-electron chi connectivity index (χ0n) is 11.0. The Kier molecular flexibility index (Phi) is 4.66. The lowest BCUT2D eigenvalue weighted by molar-refractivity contribution is 0.207. The van der Waals surface area contributed by atoms with Crippen molar-refractivity contribution in [3.05, 3.63) is 0 Å². The van der Waals surface area contributed by atoms with Gasteiger partial charge in [-0.1, -0.05) is 19.8 Å². The highest BCUT2D eigenvalue weighted by Gasteiger charge is 2.21. The minimum atomic E-state index is 0.760. The number of nitrogens with one attached hydrogen (secondary N) is 1. The fraction of sp³-hybridized carbons (Fsp3) is 1.00. The molecular formula is C14H28N2. The molecule has 2 nitrogen and oxygen atoms in total. The van der Waals surface area contributed by atoms with Gasteiger partial charge in [-0.05, 0) is 57.7 Å². The first kappa shape index (κ1) is 12.4. The molecule has 1 N–H and O–H groups in total. The van der Waals surface area contributed by atoms with Crippen molar-refractivity contribution in [2.45, 2.75) is 51.5 Å². The van der Waals surface area contributed by atoms with Gasteiger partial charge in [0, 0.05) is 12.6 Å². The number of hydrogen-bond acceptors (Lipinski definition) is 2. The van der Waals surface area contributed by atoms with Crippen LogP contribution in [-0.4, -0.2) is 37.6 Å². The highest BCUT2D eigenvalue weighted by atomic mass is 15.1. The van der Waals surface area contributed by atoms with E-state index in [9.17, 15) is 0 Å². The molecule has 1 saturated carbocycles. The van der Waals surface area contributed by atoms with Crippen LogP contribution in [0.25, 0.3) is 0 Å². The molecule has 3 unspecified atom stereocenters. The maximum absolute atomic E-state index is 3.80. The summed E-state index contributed by atoms with van der Waals surface area (Å²) in [5, 5.41) is 3.80. The third kappa shape index (κ3) is 3.74. The van der Waals surface area contributed by atoms with Gasteiger partial charge in [-0.2, -0.15) is 0 Å². The lowest BCUT2D eigenvalue weighted by Crippen LogP contribution is -2.45. The fourth-order valence-electron chi connectivity index (χ4n) is 3.41. The summed E-state index contributed by atoms with van der Waals surface area (Å²) in [6.45, 7) is 6.23. The molecule has 2 heteroatoms. The Bertz CT molecular complexity index is 183. The zero-order valence-corrected chi connectivity index (χ0v) is 11.0. The van der Waals surface area contributed by atoms with Crippen molar-refractivity contribution in [2.75, 3.05) is 26.7 Å². The molecule has 0 aromatic carbocycles. The van der Waals surface area contributed by atoms with Crippen molar-refractivity contribution in [1.82, 2.24) is 10.2 Å². The smallest absolute Gasteiger partial charge is 0.0195 e. The molecule has 0 spiro atoms. The van der Waals surface area contributed by atoms with Crippen LogP contribution in [0.5, 0.6) is 0 Å². The first-order chi connectivity index (χ1) is 7.74. The molecule has 3 atom stereocenters. The number of hydrogen-bond donors (Lipinski definition) is 1. The summed E-state index contributed by atoms with van der Waals surface area (Å²) >= 11 is 0. The summed E-state index contributed by atoms with van der Waals surface area (Å²) in [5.41, 5.74) is 0. The molecule has 0 amide bonds. The number of likely N-dealkylation sites (N-methyl/N-ethyl adjacent to an activating group) is 1. The predicted octanol–water partition coefficient (Wildman–Crippen LogP) is 2.50. The highest BCUT2D eigenvalue weighted by molar-refractivity contribution is 4.79. The predicted molar refractivity (Wildman–Crippen MR) is 69.6 cm³/mol. The Hall–Kier alpha value is -0.0800. The number of piperidine rings is 1. The van der Waals surface area contributed by atoms with Crippen LogP contribution in [-0.2, 0) is 0 Å². The van der Waals surface area contributed by atoms with Crippen LogP contribution in [0, 0.1) is 11.8 Å². The lowest BCUT2D eigenvalue weighted by Gasteiger charge is -2.33. The maximum atomic E-state index is 3.80. The lowest BCUT2D eigenvalue weighted by atomic mass is 9.82. The largest absolute Gasteiger partial charge is 0.312 e. The molecule has 2 rings (SSSR count). The van der Waals surface area contributed by atoms with Gasteiger partial charge in [0.25, 0.3) is 0 Å². The Balaban J connectivity index is 1.66. The van der Waals surface area contributed by atoms with Crippen molar-refractivity contribution < 1.29 is 0 Å². The molecule has 0 bridgehead atoms. The summed E-state index contributed by atoms with van der Waals surface area (Å²) in [6.07, 6.45) is 8.58. The van der Waals surface area contributed by atoms with Crippen LogP contribution in [0.2, 0.25) is 0 Å². The van der Waals surface area contributed by atoms with E-state index in [1.165, 1.54) is 58.2 Å². The molecule has 0 aromatic rings. The first-order valence-electron chi connectivity index (χ1n) is 7.16. The van der Waals surface area contributed by atoms with Crippen LogP contribution in [0.4, 0.5) is 0 Å². The van der Waals surface area contributed by atoms with Crippen molar-refractivity contribution in [3.8, 4) is 0 Å². The third-order valence-electron chi connectivity index (χ3n) is 4.36. The first-order valence-corrected chi connectivity index (χ1v) is 7.16. The summed E-state index contributed by atoms with van der Waals surface area (Å²) in [5.74, 6) is 1.92. The van der Waals surface area contributed by atoms with Crippen LogP contribution in [0.3, 0.4) is 0 Å². The average Bonchev–Trinajstić information content (AvgIpc) is 2.27. The second-order valence-electron chi connectivity index (χ2n) is 6.15. The Morgan fingerprint density at radius 2 is 2.06 bits per heavy atom. The van der Waals surface area contributed by atoms with Crippen molar-refractivity contribution >= 4 is 0 Å². The SMILES string of the molecule is CC1CCCC(CNC2CCCN(C)C2)C1. The van der Waals surface area contributed by atoms with Gasteiger partial charge in [-0.25, -0.2) is 0 Å². The third-order valence-corrected chi connectivity index (χ3v) is 4.36. The summed E-state index contributed by atoms with van der Waals surface area (Å²) in [4.78, 5) is 2.46. The van der Waals surface area contributed by atoms with E-state index in [2.05, 4.69) is 24.2 Å². The van der Waals surface area contributed by atoms with Gasteiger partial charge < -0.3 is 10.2 Å². The van der Waals surface area contributed by atoms with Gasteiger partial charge in [0.15, 0.2) is 0 Å². The van der Waals surface area contributed by atoms with E-state index >= 15 is 0 Å². The van der Waals surface area contributed by atoms with E-state index in [-0.39, 0.29) is 0 Å². The quantitative estimate of drug-likeness (QED) is 0.792. The molecular weight excluding hydrogens is 196 g/mol. The summed E-state index contributed by atoms with van der Waals surface area (Å²) < 4.78 is 0. The van der Waals surface area contributed by atoms with Gasteiger partial charge in [-0.3, -0.25) is 0 Å². The molecule has 94 valence electrons. The summed E-state index contributed by atoms with van der Waals surface area (Å²) in [6, 6.07) is 0.760. The average molecular weight is 224 g/mol.